The molecule has 0 spiro atoms. The van der Waals surface area contributed by atoms with Crippen LogP contribution in [0.4, 0.5) is 0 Å². The number of aromatic nitrogens is 6. The van der Waals surface area contributed by atoms with Crippen LogP contribution in [0.3, 0.4) is 0 Å². The summed E-state index contributed by atoms with van der Waals surface area (Å²) in [6.45, 7) is 5.18. The average Bonchev–Trinajstić information content (AvgIpc) is 3.32. The molecule has 1 aliphatic rings. The van der Waals surface area contributed by atoms with Crippen LogP contribution in [0.25, 0.3) is 0 Å². The van der Waals surface area contributed by atoms with Crippen molar-refractivity contribution in [1.82, 2.24) is 30.0 Å². The van der Waals surface area contributed by atoms with Crippen LogP contribution >= 0.6 is 0 Å². The number of rotatable bonds is 7. The van der Waals surface area contributed by atoms with E-state index in [0.717, 1.165) is 0 Å². The van der Waals surface area contributed by atoms with Gasteiger partial charge >= 0.3 is 0 Å². The maximum Gasteiger partial charge on any atom is 0.182 e. The SMILES string of the molecule is COC1CC(n2nnc(C(C)=O)c2C(C)=O)C(O)CC1n1nnc(C(C)=O)c1C(C)=O. The highest BCUT2D eigenvalue weighted by Gasteiger charge is 2.43. The molecule has 0 radical (unpaired) electrons. The molecular formula is C19H24N6O6. The second kappa shape index (κ2) is 8.55. The van der Waals surface area contributed by atoms with Crippen LogP contribution in [-0.4, -0.2) is 77.5 Å². The molecule has 0 aromatic carbocycles. The van der Waals surface area contributed by atoms with Gasteiger partial charge in [0.25, 0.3) is 0 Å². The number of nitrogens with zero attached hydrogens (tertiary/aromatic N) is 6. The van der Waals surface area contributed by atoms with E-state index in [9.17, 15) is 24.3 Å². The van der Waals surface area contributed by atoms with Gasteiger partial charge in [0.2, 0.25) is 0 Å². The summed E-state index contributed by atoms with van der Waals surface area (Å²) in [5.41, 5.74) is -0.0274. The van der Waals surface area contributed by atoms with E-state index in [1.54, 1.807) is 0 Å². The Kier molecular flexibility index (Phi) is 6.23. The van der Waals surface area contributed by atoms with E-state index >= 15 is 0 Å². The van der Waals surface area contributed by atoms with Crippen molar-refractivity contribution in [2.24, 2.45) is 0 Å². The predicted molar refractivity (Wildman–Crippen MR) is 104 cm³/mol. The van der Waals surface area contributed by atoms with Crippen molar-refractivity contribution in [1.29, 1.82) is 0 Å². The first-order valence-electron chi connectivity index (χ1n) is 9.73. The number of carbonyl (C=O) groups is 4. The lowest BCUT2D eigenvalue weighted by molar-refractivity contribution is -0.0496. The summed E-state index contributed by atoms with van der Waals surface area (Å²) in [6, 6.07) is -1.29. The van der Waals surface area contributed by atoms with Crippen molar-refractivity contribution < 1.29 is 29.0 Å². The van der Waals surface area contributed by atoms with Gasteiger partial charge in [-0.1, -0.05) is 10.4 Å². The quantitative estimate of drug-likeness (QED) is 0.615. The molecule has 2 aromatic heterocycles. The third-order valence-electron chi connectivity index (χ3n) is 5.48. The minimum Gasteiger partial charge on any atom is -0.391 e. The van der Waals surface area contributed by atoms with E-state index in [1.165, 1.54) is 44.2 Å². The first kappa shape index (κ1) is 22.6. The number of carbonyl (C=O) groups excluding carboxylic acids is 4. The molecule has 1 fully saturated rings. The molecule has 4 atom stereocenters. The normalized spacial score (nSPS) is 23.5. The standard InChI is InChI=1S/C19H24N6O6/c1-8(26)16-18(10(3)28)24(22-20-16)12-7-15(31-5)13(6-14(12)30)25-19(11(4)29)17(9(2)27)21-23-25/h12-15,30H,6-7H2,1-5H3. The van der Waals surface area contributed by atoms with Gasteiger partial charge in [-0.2, -0.15) is 0 Å². The number of hydrogen-bond donors (Lipinski definition) is 1. The Hall–Kier alpha value is -3.12. The van der Waals surface area contributed by atoms with Crippen LogP contribution in [0.5, 0.6) is 0 Å². The molecule has 1 aliphatic carbocycles. The number of hydrogen-bond acceptors (Lipinski definition) is 10. The van der Waals surface area contributed by atoms with Gasteiger partial charge in [-0.05, 0) is 0 Å². The van der Waals surface area contributed by atoms with E-state index in [0.29, 0.717) is 0 Å². The van der Waals surface area contributed by atoms with Crippen LogP contribution in [-0.2, 0) is 4.74 Å². The zero-order valence-electron chi connectivity index (χ0n) is 17.9. The second-order valence-corrected chi connectivity index (χ2v) is 7.63. The lowest BCUT2D eigenvalue weighted by atomic mass is 9.85. The minimum absolute atomic E-state index is 0.0221. The number of aliphatic hydroxyl groups excluding tert-OH is 1. The fourth-order valence-corrected chi connectivity index (χ4v) is 4.06. The fraction of sp³-hybridized carbons (Fsp3) is 0.579. The number of ketones is 4. The zero-order chi connectivity index (χ0) is 23.0. The summed E-state index contributed by atoms with van der Waals surface area (Å²) in [7, 11) is 1.47. The van der Waals surface area contributed by atoms with E-state index in [1.807, 2.05) is 0 Å². The van der Waals surface area contributed by atoms with Gasteiger partial charge in [0, 0.05) is 47.6 Å². The van der Waals surface area contributed by atoms with Gasteiger partial charge in [0.1, 0.15) is 11.4 Å². The smallest absolute Gasteiger partial charge is 0.182 e. The van der Waals surface area contributed by atoms with Crippen LogP contribution in [0.2, 0.25) is 0 Å². The van der Waals surface area contributed by atoms with Crippen molar-refractivity contribution in [2.45, 2.75) is 64.8 Å². The minimum atomic E-state index is -1.03. The first-order chi connectivity index (χ1) is 14.6. The largest absolute Gasteiger partial charge is 0.391 e. The Labute approximate surface area is 177 Å². The summed E-state index contributed by atoms with van der Waals surface area (Å²) < 4.78 is 8.19. The molecule has 0 amide bonds. The van der Waals surface area contributed by atoms with E-state index < -0.39 is 41.6 Å². The third kappa shape index (κ3) is 3.95. The summed E-state index contributed by atoms with van der Waals surface area (Å²) in [6.07, 6.45) is -1.31. The van der Waals surface area contributed by atoms with Gasteiger partial charge in [0.05, 0.1) is 24.3 Å². The summed E-state index contributed by atoms with van der Waals surface area (Å²) in [5, 5.41) is 26.5. The highest BCUT2D eigenvalue weighted by molar-refractivity contribution is 6.05. The Morgan fingerprint density at radius 1 is 0.806 bits per heavy atom. The van der Waals surface area contributed by atoms with Crippen molar-refractivity contribution in [3.05, 3.63) is 22.8 Å². The predicted octanol–water partition coefficient (Wildman–Crippen LogP) is 0.632. The van der Waals surface area contributed by atoms with E-state index in [4.69, 9.17) is 4.74 Å². The van der Waals surface area contributed by atoms with Gasteiger partial charge < -0.3 is 9.84 Å². The molecule has 12 heteroatoms. The molecule has 166 valence electrons. The lowest BCUT2D eigenvalue weighted by Crippen LogP contribution is -2.43. The molecule has 0 bridgehead atoms. The van der Waals surface area contributed by atoms with Gasteiger partial charge in [-0.3, -0.25) is 19.2 Å². The first-order valence-corrected chi connectivity index (χ1v) is 9.73. The van der Waals surface area contributed by atoms with E-state index in [-0.39, 0.29) is 41.4 Å². The number of aliphatic hydroxyl groups is 1. The van der Waals surface area contributed by atoms with Gasteiger partial charge in [0.15, 0.2) is 34.5 Å². The van der Waals surface area contributed by atoms with Crippen LogP contribution in [0.15, 0.2) is 0 Å². The lowest BCUT2D eigenvalue weighted by Gasteiger charge is -2.38. The molecule has 2 aromatic rings. The zero-order valence-corrected chi connectivity index (χ0v) is 17.9. The molecule has 31 heavy (non-hydrogen) atoms. The van der Waals surface area contributed by atoms with Crippen LogP contribution < -0.4 is 0 Å². The van der Waals surface area contributed by atoms with Crippen molar-refractivity contribution >= 4 is 23.1 Å². The van der Waals surface area contributed by atoms with Crippen LogP contribution in [0.1, 0.15) is 94.6 Å². The Morgan fingerprint density at radius 3 is 1.65 bits per heavy atom. The summed E-state index contributed by atoms with van der Waals surface area (Å²) in [4.78, 5) is 48.0. The molecule has 1 saturated carbocycles. The van der Waals surface area contributed by atoms with Gasteiger partial charge in [-0.25, -0.2) is 9.36 Å². The number of ether oxygens (including phenoxy) is 1. The fourth-order valence-electron chi connectivity index (χ4n) is 4.06. The molecule has 0 aliphatic heterocycles. The second-order valence-electron chi connectivity index (χ2n) is 7.63. The Morgan fingerprint density at radius 2 is 1.26 bits per heavy atom. The highest BCUT2D eigenvalue weighted by atomic mass is 16.5. The van der Waals surface area contributed by atoms with E-state index in [2.05, 4.69) is 20.6 Å². The molecule has 4 unspecified atom stereocenters. The van der Waals surface area contributed by atoms with Crippen LogP contribution in [0, 0.1) is 0 Å². The third-order valence-corrected chi connectivity index (χ3v) is 5.48. The average molecular weight is 432 g/mol. The van der Waals surface area contributed by atoms with Gasteiger partial charge in [-0.15, -0.1) is 10.2 Å². The number of Topliss-reactive ketones (excluding diaryl/α,β-unsaturated/α-hetero) is 4. The van der Waals surface area contributed by atoms with Crippen molar-refractivity contribution in [3.63, 3.8) is 0 Å². The summed E-state index contributed by atoms with van der Waals surface area (Å²) in [5.74, 6) is -1.60. The molecular weight excluding hydrogens is 408 g/mol. The molecule has 2 heterocycles. The molecule has 12 nitrogen and oxygen atoms in total. The monoisotopic (exact) mass is 432 g/mol. The Balaban J connectivity index is 2.01. The maximum atomic E-state index is 12.2. The number of methoxy groups -OCH3 is 1. The summed E-state index contributed by atoms with van der Waals surface area (Å²) >= 11 is 0. The van der Waals surface area contributed by atoms with Crippen molar-refractivity contribution in [2.75, 3.05) is 7.11 Å². The molecule has 1 N–H and O–H groups in total. The maximum absolute atomic E-state index is 12.2. The Bertz CT molecular complexity index is 1060. The van der Waals surface area contributed by atoms with Crippen molar-refractivity contribution in [3.8, 4) is 0 Å². The molecule has 0 saturated heterocycles. The molecule has 3 rings (SSSR count). The topological polar surface area (TPSA) is 159 Å². The highest BCUT2D eigenvalue weighted by Crippen LogP contribution is 2.38.